The van der Waals surface area contributed by atoms with Crippen molar-refractivity contribution in [3.8, 4) is 16.9 Å². The first-order chi connectivity index (χ1) is 17.5. The monoisotopic (exact) mass is 480 g/mol. The second-order valence-corrected chi connectivity index (χ2v) is 7.98. The van der Waals surface area contributed by atoms with Crippen LogP contribution in [0.3, 0.4) is 0 Å². The van der Waals surface area contributed by atoms with Gasteiger partial charge < -0.3 is 10.1 Å². The summed E-state index contributed by atoms with van der Waals surface area (Å²) in [6.45, 7) is -1.18. The number of imide groups is 1. The third kappa shape index (κ3) is 4.49. The lowest BCUT2D eigenvalue weighted by molar-refractivity contribution is -0.147. The van der Waals surface area contributed by atoms with Gasteiger partial charge in [-0.25, -0.2) is 4.68 Å². The Hall–Kier alpha value is -5.05. The van der Waals surface area contributed by atoms with Crippen LogP contribution in [-0.4, -0.2) is 51.5 Å². The minimum absolute atomic E-state index is 0.233. The number of carbonyl (C=O) groups excluding carboxylic acids is 4. The molecular weight excluding hydrogens is 460 g/mol. The van der Waals surface area contributed by atoms with Crippen molar-refractivity contribution < 1.29 is 23.9 Å². The van der Waals surface area contributed by atoms with Crippen LogP contribution in [0.2, 0.25) is 0 Å². The molecule has 5 rings (SSSR count). The van der Waals surface area contributed by atoms with Crippen molar-refractivity contribution in [2.45, 2.75) is 0 Å². The van der Waals surface area contributed by atoms with Crippen molar-refractivity contribution in [1.82, 2.24) is 14.7 Å². The van der Waals surface area contributed by atoms with Gasteiger partial charge in [-0.1, -0.05) is 60.7 Å². The highest BCUT2D eigenvalue weighted by molar-refractivity contribution is 6.22. The Morgan fingerprint density at radius 2 is 1.39 bits per heavy atom. The fraction of sp³-hybridized carbons (Fsp3) is 0.0741. The maximum Gasteiger partial charge on any atom is 0.326 e. The smallest absolute Gasteiger partial charge is 0.326 e. The fourth-order valence-electron chi connectivity index (χ4n) is 3.87. The van der Waals surface area contributed by atoms with Crippen LogP contribution in [0.4, 0.5) is 5.82 Å². The van der Waals surface area contributed by atoms with Gasteiger partial charge >= 0.3 is 5.97 Å². The molecule has 4 aromatic rings. The van der Waals surface area contributed by atoms with Gasteiger partial charge in [-0.3, -0.25) is 24.1 Å². The summed E-state index contributed by atoms with van der Waals surface area (Å²) >= 11 is 0. The van der Waals surface area contributed by atoms with E-state index in [0.29, 0.717) is 11.5 Å². The molecule has 3 amide bonds. The van der Waals surface area contributed by atoms with E-state index in [2.05, 4.69) is 10.4 Å². The van der Waals surface area contributed by atoms with E-state index < -0.39 is 36.8 Å². The second kappa shape index (κ2) is 9.67. The van der Waals surface area contributed by atoms with E-state index in [-0.39, 0.29) is 11.1 Å². The molecule has 9 heteroatoms. The van der Waals surface area contributed by atoms with Crippen molar-refractivity contribution in [1.29, 1.82) is 0 Å². The van der Waals surface area contributed by atoms with Gasteiger partial charge in [0.05, 0.1) is 22.5 Å². The van der Waals surface area contributed by atoms with E-state index >= 15 is 0 Å². The molecule has 0 atom stereocenters. The second-order valence-electron chi connectivity index (χ2n) is 7.98. The summed E-state index contributed by atoms with van der Waals surface area (Å²) in [6, 6.07) is 26.8. The Morgan fingerprint density at radius 1 is 0.806 bits per heavy atom. The number of hydrogen-bond donors (Lipinski definition) is 1. The number of benzene rings is 3. The largest absolute Gasteiger partial charge is 0.454 e. The third-order valence-electron chi connectivity index (χ3n) is 5.58. The molecule has 3 aromatic carbocycles. The van der Waals surface area contributed by atoms with Crippen LogP contribution in [0.25, 0.3) is 16.9 Å². The zero-order valence-corrected chi connectivity index (χ0v) is 19.0. The molecule has 0 radical (unpaired) electrons. The molecule has 1 aromatic heterocycles. The number of fused-ring (bicyclic) bond motifs is 1. The van der Waals surface area contributed by atoms with Crippen LogP contribution in [0.15, 0.2) is 91.0 Å². The predicted octanol–water partition coefficient (Wildman–Crippen LogP) is 3.32. The maximum absolute atomic E-state index is 12.6. The lowest BCUT2D eigenvalue weighted by Gasteiger charge is -2.13. The van der Waals surface area contributed by atoms with Crippen LogP contribution in [0, 0.1) is 0 Å². The molecule has 0 fully saturated rings. The van der Waals surface area contributed by atoms with Crippen LogP contribution >= 0.6 is 0 Å². The summed E-state index contributed by atoms with van der Waals surface area (Å²) in [6.07, 6.45) is 0. The van der Waals surface area contributed by atoms with Crippen molar-refractivity contribution in [3.63, 3.8) is 0 Å². The quantitative estimate of drug-likeness (QED) is 0.321. The van der Waals surface area contributed by atoms with Crippen molar-refractivity contribution in [2.24, 2.45) is 0 Å². The molecular formula is C27H20N4O5. The molecule has 2 heterocycles. The van der Waals surface area contributed by atoms with Crippen molar-refractivity contribution in [2.75, 3.05) is 18.5 Å². The number of carbonyl (C=O) groups is 4. The molecule has 0 saturated heterocycles. The number of esters is 1. The third-order valence-corrected chi connectivity index (χ3v) is 5.58. The highest BCUT2D eigenvalue weighted by atomic mass is 16.5. The van der Waals surface area contributed by atoms with Crippen LogP contribution < -0.4 is 5.32 Å². The number of rotatable bonds is 7. The van der Waals surface area contributed by atoms with E-state index in [1.807, 2.05) is 60.7 Å². The Labute approximate surface area is 205 Å². The topological polar surface area (TPSA) is 111 Å². The fourth-order valence-corrected chi connectivity index (χ4v) is 3.87. The van der Waals surface area contributed by atoms with Gasteiger partial charge in [0, 0.05) is 11.6 Å². The van der Waals surface area contributed by atoms with Gasteiger partial charge in [0.1, 0.15) is 12.4 Å². The number of para-hydroxylation sites is 1. The Kier molecular flexibility index (Phi) is 6.10. The first kappa shape index (κ1) is 22.7. The Balaban J connectivity index is 1.25. The van der Waals surface area contributed by atoms with E-state index in [0.717, 1.165) is 16.2 Å². The number of nitrogens with zero attached hydrogens (tertiary/aromatic N) is 3. The number of hydrogen-bond acceptors (Lipinski definition) is 6. The number of nitrogens with one attached hydrogen (secondary N) is 1. The molecule has 0 bridgehead atoms. The minimum Gasteiger partial charge on any atom is -0.454 e. The molecule has 178 valence electrons. The first-order valence-electron chi connectivity index (χ1n) is 11.1. The van der Waals surface area contributed by atoms with E-state index in [1.165, 1.54) is 12.1 Å². The highest BCUT2D eigenvalue weighted by Gasteiger charge is 2.36. The van der Waals surface area contributed by atoms with Gasteiger partial charge in [-0.2, -0.15) is 5.10 Å². The highest BCUT2D eigenvalue weighted by Crippen LogP contribution is 2.25. The SMILES string of the molecule is O=C(COC(=O)CN1C(=O)c2ccccc2C1=O)Nc1cc(-c2ccccc2)nn1-c1ccccc1. The normalized spacial score (nSPS) is 12.4. The van der Waals surface area contributed by atoms with E-state index in [1.54, 1.807) is 22.9 Å². The molecule has 1 aliphatic rings. The molecule has 9 nitrogen and oxygen atoms in total. The summed E-state index contributed by atoms with van der Waals surface area (Å²) in [5, 5.41) is 7.33. The molecule has 36 heavy (non-hydrogen) atoms. The molecule has 0 aliphatic carbocycles. The van der Waals surface area contributed by atoms with Gasteiger partial charge in [0.2, 0.25) is 0 Å². The van der Waals surface area contributed by atoms with Gasteiger partial charge in [-0.05, 0) is 24.3 Å². The zero-order chi connectivity index (χ0) is 25.1. The molecule has 0 saturated carbocycles. The summed E-state index contributed by atoms with van der Waals surface area (Å²) < 4.78 is 6.63. The standard InChI is InChI=1S/C27H20N4O5/c32-24(17-36-25(33)16-30-26(34)20-13-7-8-14-21(20)27(30)35)28-23-15-22(18-9-3-1-4-10-18)29-31(23)19-11-5-2-6-12-19/h1-15H,16-17H2,(H,28,32). The average Bonchev–Trinajstić information content (AvgIpc) is 3.43. The summed E-state index contributed by atoms with van der Waals surface area (Å²) in [4.78, 5) is 50.6. The Morgan fingerprint density at radius 3 is 2.03 bits per heavy atom. The number of anilines is 1. The lowest BCUT2D eigenvalue weighted by atomic mass is 10.1. The summed E-state index contributed by atoms with van der Waals surface area (Å²) in [7, 11) is 0. The Bertz CT molecular complexity index is 1430. The first-order valence-corrected chi connectivity index (χ1v) is 11.1. The van der Waals surface area contributed by atoms with Gasteiger partial charge in [0.25, 0.3) is 17.7 Å². The van der Waals surface area contributed by atoms with Gasteiger partial charge in [-0.15, -0.1) is 0 Å². The van der Waals surface area contributed by atoms with Crippen LogP contribution in [0.1, 0.15) is 20.7 Å². The molecule has 1 aliphatic heterocycles. The number of aromatic nitrogens is 2. The average molecular weight is 480 g/mol. The van der Waals surface area contributed by atoms with Crippen LogP contribution in [-0.2, 0) is 14.3 Å². The maximum atomic E-state index is 12.6. The molecule has 1 N–H and O–H groups in total. The lowest BCUT2D eigenvalue weighted by Crippen LogP contribution is -2.36. The van der Waals surface area contributed by atoms with E-state index in [4.69, 9.17) is 4.74 Å². The van der Waals surface area contributed by atoms with Crippen molar-refractivity contribution in [3.05, 3.63) is 102 Å². The summed E-state index contributed by atoms with van der Waals surface area (Å²) in [5.41, 5.74) is 2.72. The van der Waals surface area contributed by atoms with Crippen molar-refractivity contribution >= 4 is 29.5 Å². The predicted molar refractivity (Wildman–Crippen MR) is 130 cm³/mol. The zero-order valence-electron chi connectivity index (χ0n) is 19.0. The van der Waals surface area contributed by atoms with Crippen LogP contribution in [0.5, 0.6) is 0 Å². The summed E-state index contributed by atoms with van der Waals surface area (Å²) in [5.74, 6) is -2.22. The number of amides is 3. The van der Waals surface area contributed by atoms with Gasteiger partial charge in [0.15, 0.2) is 6.61 Å². The van der Waals surface area contributed by atoms with E-state index in [9.17, 15) is 19.2 Å². The minimum atomic E-state index is -0.874. The molecule has 0 unspecified atom stereocenters. The molecule has 0 spiro atoms. The number of ether oxygens (including phenoxy) is 1.